The first kappa shape index (κ1) is 11.1. The van der Waals surface area contributed by atoms with Crippen LogP contribution in [0.5, 0.6) is 5.75 Å². The Morgan fingerprint density at radius 2 is 1.65 bits per heavy atom. The smallest absolute Gasteiger partial charge is 0.153 e. The number of carbonyl (C=O) groups is 2. The van der Waals surface area contributed by atoms with Crippen LogP contribution >= 0.6 is 0 Å². The molecular weight excluding hydrogens is 216 g/mol. The number of aromatic hydroxyl groups is 1. The number of carbonyl (C=O) groups excluding carboxylic acids is 2. The summed E-state index contributed by atoms with van der Waals surface area (Å²) in [5.41, 5.74) is 2.40. The van der Waals surface area contributed by atoms with E-state index < -0.39 is 0 Å². The summed E-state index contributed by atoms with van der Waals surface area (Å²) < 4.78 is 0. The normalized spacial score (nSPS) is 9.88. The minimum Gasteiger partial charge on any atom is -0.507 e. The molecule has 0 amide bonds. The third-order valence-corrected chi connectivity index (χ3v) is 2.51. The molecule has 0 aliphatic rings. The van der Waals surface area contributed by atoms with Gasteiger partial charge in [-0.15, -0.1) is 0 Å². The minimum atomic E-state index is -0.0611. The van der Waals surface area contributed by atoms with Crippen LogP contribution in [-0.4, -0.2) is 17.7 Å². The van der Waals surface area contributed by atoms with Crippen molar-refractivity contribution in [2.45, 2.75) is 0 Å². The van der Waals surface area contributed by atoms with Gasteiger partial charge in [-0.3, -0.25) is 9.59 Å². The number of aldehydes is 2. The van der Waals surface area contributed by atoms with Gasteiger partial charge in [0.2, 0.25) is 0 Å². The van der Waals surface area contributed by atoms with Gasteiger partial charge < -0.3 is 5.11 Å². The molecule has 1 N–H and O–H groups in total. The zero-order chi connectivity index (χ0) is 12.3. The summed E-state index contributed by atoms with van der Waals surface area (Å²) >= 11 is 0. The van der Waals surface area contributed by atoms with Crippen molar-refractivity contribution in [2.75, 3.05) is 0 Å². The van der Waals surface area contributed by atoms with Gasteiger partial charge >= 0.3 is 0 Å². The summed E-state index contributed by atoms with van der Waals surface area (Å²) in [6, 6.07) is 11.8. The third-order valence-electron chi connectivity index (χ3n) is 2.51. The molecule has 17 heavy (non-hydrogen) atoms. The van der Waals surface area contributed by atoms with Gasteiger partial charge in [-0.2, -0.15) is 0 Å². The molecule has 84 valence electrons. The lowest BCUT2D eigenvalue weighted by Gasteiger charge is -2.04. The van der Waals surface area contributed by atoms with Crippen LogP contribution < -0.4 is 0 Å². The average Bonchev–Trinajstić information content (AvgIpc) is 2.38. The summed E-state index contributed by atoms with van der Waals surface area (Å²) in [7, 11) is 0. The fourth-order valence-electron chi connectivity index (χ4n) is 1.61. The third kappa shape index (κ3) is 2.23. The second-order valence-electron chi connectivity index (χ2n) is 3.63. The quantitative estimate of drug-likeness (QED) is 0.818. The highest BCUT2D eigenvalue weighted by Gasteiger charge is 2.04. The van der Waals surface area contributed by atoms with Crippen molar-refractivity contribution in [3.8, 4) is 16.9 Å². The Bertz CT molecular complexity index is 573. The number of rotatable bonds is 3. The van der Waals surface area contributed by atoms with Gasteiger partial charge in [0, 0.05) is 5.56 Å². The molecule has 3 heteroatoms. The Kier molecular flexibility index (Phi) is 3.01. The van der Waals surface area contributed by atoms with Crippen LogP contribution in [-0.2, 0) is 0 Å². The van der Waals surface area contributed by atoms with Crippen molar-refractivity contribution in [3.05, 3.63) is 53.6 Å². The molecule has 0 aromatic heterocycles. The van der Waals surface area contributed by atoms with E-state index in [1.165, 1.54) is 6.07 Å². The van der Waals surface area contributed by atoms with Crippen LogP contribution in [0.3, 0.4) is 0 Å². The predicted octanol–water partition coefficient (Wildman–Crippen LogP) is 2.68. The van der Waals surface area contributed by atoms with Crippen LogP contribution in [0.4, 0.5) is 0 Å². The van der Waals surface area contributed by atoms with Crippen molar-refractivity contribution in [1.29, 1.82) is 0 Å². The van der Waals surface area contributed by atoms with Crippen LogP contribution in [0.1, 0.15) is 20.7 Å². The number of phenols is 1. The van der Waals surface area contributed by atoms with Gasteiger partial charge in [-0.1, -0.05) is 24.3 Å². The molecule has 2 rings (SSSR count). The summed E-state index contributed by atoms with van der Waals surface area (Å²) in [4.78, 5) is 21.2. The topological polar surface area (TPSA) is 54.4 Å². The van der Waals surface area contributed by atoms with Crippen LogP contribution in [0, 0.1) is 0 Å². The van der Waals surface area contributed by atoms with Crippen molar-refractivity contribution < 1.29 is 14.7 Å². The largest absolute Gasteiger partial charge is 0.507 e. The zero-order valence-electron chi connectivity index (χ0n) is 8.96. The van der Waals surface area contributed by atoms with Crippen molar-refractivity contribution in [3.63, 3.8) is 0 Å². The molecule has 0 unspecified atom stereocenters. The highest BCUT2D eigenvalue weighted by atomic mass is 16.3. The summed E-state index contributed by atoms with van der Waals surface area (Å²) in [5.74, 6) is -0.0611. The van der Waals surface area contributed by atoms with Crippen molar-refractivity contribution in [1.82, 2.24) is 0 Å². The predicted molar refractivity (Wildman–Crippen MR) is 64.3 cm³/mol. The Morgan fingerprint density at radius 1 is 0.882 bits per heavy atom. The molecule has 0 heterocycles. The maximum atomic E-state index is 10.7. The first-order valence-electron chi connectivity index (χ1n) is 5.08. The maximum absolute atomic E-state index is 10.7. The van der Waals surface area contributed by atoms with E-state index in [9.17, 15) is 14.7 Å². The van der Waals surface area contributed by atoms with E-state index in [1.54, 1.807) is 30.3 Å². The molecule has 0 saturated heterocycles. The molecule has 3 nitrogen and oxygen atoms in total. The Balaban J connectivity index is 2.49. The molecule has 0 bridgehead atoms. The van der Waals surface area contributed by atoms with E-state index in [0.717, 1.165) is 17.4 Å². The molecule has 0 aliphatic heterocycles. The van der Waals surface area contributed by atoms with E-state index in [0.29, 0.717) is 11.8 Å². The fourth-order valence-corrected chi connectivity index (χ4v) is 1.61. The van der Waals surface area contributed by atoms with Gasteiger partial charge in [0.05, 0.1) is 5.56 Å². The highest BCUT2D eigenvalue weighted by molar-refractivity contribution is 5.83. The Hall–Kier alpha value is -2.42. The van der Waals surface area contributed by atoms with Gasteiger partial charge in [0.25, 0.3) is 0 Å². The van der Waals surface area contributed by atoms with E-state index in [4.69, 9.17) is 0 Å². The molecule has 0 atom stereocenters. The highest BCUT2D eigenvalue weighted by Crippen LogP contribution is 2.26. The minimum absolute atomic E-state index is 0.0611. The first-order valence-corrected chi connectivity index (χ1v) is 5.08. The molecule has 0 spiro atoms. The van der Waals surface area contributed by atoms with Gasteiger partial charge in [0.15, 0.2) is 6.29 Å². The van der Waals surface area contributed by atoms with E-state index in [2.05, 4.69) is 0 Å². The SMILES string of the molecule is O=Cc1cccc(-c2ccc(C=O)c(O)c2)c1. The van der Waals surface area contributed by atoms with Gasteiger partial charge in [-0.25, -0.2) is 0 Å². The second-order valence-corrected chi connectivity index (χ2v) is 3.63. The van der Waals surface area contributed by atoms with E-state index >= 15 is 0 Å². The first-order chi connectivity index (χ1) is 8.24. The maximum Gasteiger partial charge on any atom is 0.153 e. The molecule has 0 saturated carbocycles. The molecule has 0 fully saturated rings. The zero-order valence-corrected chi connectivity index (χ0v) is 8.96. The molecular formula is C14H10O3. The van der Waals surface area contributed by atoms with Crippen molar-refractivity contribution >= 4 is 12.6 Å². The number of benzene rings is 2. The monoisotopic (exact) mass is 226 g/mol. The summed E-state index contributed by atoms with van der Waals surface area (Å²) in [6.45, 7) is 0. The van der Waals surface area contributed by atoms with Gasteiger partial charge in [0.1, 0.15) is 12.0 Å². The van der Waals surface area contributed by atoms with Crippen molar-refractivity contribution in [2.24, 2.45) is 0 Å². The molecule has 0 aliphatic carbocycles. The molecule has 2 aromatic rings. The fraction of sp³-hybridized carbons (Fsp3) is 0. The molecule has 0 radical (unpaired) electrons. The van der Waals surface area contributed by atoms with E-state index in [1.807, 2.05) is 6.07 Å². The second kappa shape index (κ2) is 4.61. The standard InChI is InChI=1S/C14H10O3/c15-8-10-2-1-3-11(6-10)12-4-5-13(9-16)14(17)7-12/h1-9,17H. The van der Waals surface area contributed by atoms with Crippen LogP contribution in [0.2, 0.25) is 0 Å². The Labute approximate surface area is 98.3 Å². The average molecular weight is 226 g/mol. The van der Waals surface area contributed by atoms with Gasteiger partial charge in [-0.05, 0) is 29.3 Å². The lowest BCUT2D eigenvalue weighted by atomic mass is 10.0. The molecule has 2 aromatic carbocycles. The number of hydrogen-bond acceptors (Lipinski definition) is 3. The Morgan fingerprint density at radius 3 is 2.29 bits per heavy atom. The lowest BCUT2D eigenvalue weighted by Crippen LogP contribution is -1.85. The lowest BCUT2D eigenvalue weighted by molar-refractivity contribution is 0.111. The van der Waals surface area contributed by atoms with E-state index in [-0.39, 0.29) is 11.3 Å². The van der Waals surface area contributed by atoms with Crippen LogP contribution in [0.15, 0.2) is 42.5 Å². The summed E-state index contributed by atoms with van der Waals surface area (Å²) in [6.07, 6.45) is 1.37. The number of phenolic OH excluding ortho intramolecular Hbond substituents is 1. The van der Waals surface area contributed by atoms with Crippen LogP contribution in [0.25, 0.3) is 11.1 Å². The summed E-state index contributed by atoms with van der Waals surface area (Å²) in [5, 5.41) is 9.58. The number of hydrogen-bond donors (Lipinski definition) is 1.